The summed E-state index contributed by atoms with van der Waals surface area (Å²) in [6, 6.07) is 1.12. The van der Waals surface area contributed by atoms with E-state index >= 15 is 0 Å². The summed E-state index contributed by atoms with van der Waals surface area (Å²) < 4.78 is 27.8. The lowest BCUT2D eigenvalue weighted by molar-refractivity contribution is 0.186. The SMILES string of the molecule is CC(CNC1CC1)S(=O)(=O)NC1CCN2CCCCC12. The minimum atomic E-state index is -3.20. The van der Waals surface area contributed by atoms with Crippen molar-refractivity contribution in [3.8, 4) is 0 Å². The van der Waals surface area contributed by atoms with E-state index in [0.29, 0.717) is 18.6 Å². The fraction of sp³-hybridized carbons (Fsp3) is 1.00. The Labute approximate surface area is 122 Å². The molecule has 116 valence electrons. The van der Waals surface area contributed by atoms with Crippen molar-refractivity contribution in [1.82, 2.24) is 14.9 Å². The largest absolute Gasteiger partial charge is 0.313 e. The maximum absolute atomic E-state index is 12.4. The average Bonchev–Trinajstić information content (AvgIpc) is 3.18. The summed E-state index contributed by atoms with van der Waals surface area (Å²) in [6.45, 7) is 4.57. The molecule has 0 spiro atoms. The van der Waals surface area contributed by atoms with Crippen LogP contribution < -0.4 is 10.0 Å². The Morgan fingerprint density at radius 3 is 2.70 bits per heavy atom. The lowest BCUT2D eigenvalue weighted by atomic mass is 10.00. The summed E-state index contributed by atoms with van der Waals surface area (Å²) in [5.74, 6) is 0. The van der Waals surface area contributed by atoms with Crippen molar-refractivity contribution in [2.45, 2.75) is 68.8 Å². The van der Waals surface area contributed by atoms with E-state index in [1.807, 2.05) is 6.92 Å². The van der Waals surface area contributed by atoms with Gasteiger partial charge in [0.05, 0.1) is 5.25 Å². The summed E-state index contributed by atoms with van der Waals surface area (Å²) in [5, 5.41) is 2.97. The third-order valence-corrected chi connectivity index (χ3v) is 6.83. The molecule has 3 aliphatic rings. The summed E-state index contributed by atoms with van der Waals surface area (Å²) in [4.78, 5) is 2.46. The van der Waals surface area contributed by atoms with Crippen molar-refractivity contribution in [1.29, 1.82) is 0 Å². The first-order valence-corrected chi connectivity index (χ1v) is 9.59. The molecule has 2 saturated heterocycles. The Morgan fingerprint density at radius 2 is 1.95 bits per heavy atom. The van der Waals surface area contributed by atoms with Crippen LogP contribution >= 0.6 is 0 Å². The molecule has 0 amide bonds. The Hall–Kier alpha value is -0.170. The second kappa shape index (κ2) is 5.91. The molecule has 0 aromatic carbocycles. The van der Waals surface area contributed by atoms with Crippen molar-refractivity contribution in [2.75, 3.05) is 19.6 Å². The van der Waals surface area contributed by atoms with Crippen LogP contribution in [-0.2, 0) is 10.0 Å². The number of hydrogen-bond donors (Lipinski definition) is 2. The van der Waals surface area contributed by atoms with Crippen LogP contribution in [0.3, 0.4) is 0 Å². The van der Waals surface area contributed by atoms with Gasteiger partial charge in [-0.3, -0.25) is 4.90 Å². The van der Waals surface area contributed by atoms with Gasteiger partial charge in [0.1, 0.15) is 0 Å². The lowest BCUT2D eigenvalue weighted by Gasteiger charge is -2.32. The maximum Gasteiger partial charge on any atom is 0.215 e. The molecule has 2 N–H and O–H groups in total. The quantitative estimate of drug-likeness (QED) is 0.757. The van der Waals surface area contributed by atoms with Crippen molar-refractivity contribution in [2.24, 2.45) is 0 Å². The highest BCUT2D eigenvalue weighted by molar-refractivity contribution is 7.90. The van der Waals surface area contributed by atoms with Crippen LogP contribution in [0.4, 0.5) is 0 Å². The van der Waals surface area contributed by atoms with Crippen molar-refractivity contribution < 1.29 is 8.42 Å². The minimum absolute atomic E-state index is 0.128. The minimum Gasteiger partial charge on any atom is -0.313 e. The van der Waals surface area contributed by atoms with Crippen LogP contribution in [0, 0.1) is 0 Å². The van der Waals surface area contributed by atoms with Crippen LogP contribution in [0.2, 0.25) is 0 Å². The number of hydrogen-bond acceptors (Lipinski definition) is 4. The molecular formula is C14H27N3O2S. The van der Waals surface area contributed by atoms with Gasteiger partial charge >= 0.3 is 0 Å². The molecule has 0 aromatic heterocycles. The third-order valence-electron chi connectivity index (χ3n) is 4.97. The molecule has 3 unspecified atom stereocenters. The summed E-state index contributed by atoms with van der Waals surface area (Å²) in [5.41, 5.74) is 0. The highest BCUT2D eigenvalue weighted by atomic mass is 32.2. The molecule has 2 aliphatic heterocycles. The lowest BCUT2D eigenvalue weighted by Crippen LogP contribution is -2.50. The second-order valence-corrected chi connectivity index (χ2v) is 8.78. The average molecular weight is 301 g/mol. The summed E-state index contributed by atoms with van der Waals surface area (Å²) in [6.07, 6.45) is 6.99. The van der Waals surface area contributed by atoms with E-state index in [0.717, 1.165) is 25.9 Å². The number of sulfonamides is 1. The highest BCUT2D eigenvalue weighted by Crippen LogP contribution is 2.27. The highest BCUT2D eigenvalue weighted by Gasteiger charge is 2.38. The van der Waals surface area contributed by atoms with Gasteiger partial charge in [-0.2, -0.15) is 0 Å². The van der Waals surface area contributed by atoms with Crippen molar-refractivity contribution in [3.05, 3.63) is 0 Å². The molecule has 6 heteroatoms. The van der Waals surface area contributed by atoms with Gasteiger partial charge in [-0.1, -0.05) is 6.42 Å². The Balaban J connectivity index is 1.54. The zero-order chi connectivity index (χ0) is 14.2. The van der Waals surface area contributed by atoms with Gasteiger partial charge in [0.2, 0.25) is 10.0 Å². The molecule has 20 heavy (non-hydrogen) atoms. The van der Waals surface area contributed by atoms with Gasteiger partial charge < -0.3 is 5.32 Å². The van der Waals surface area contributed by atoms with Crippen LogP contribution in [0.15, 0.2) is 0 Å². The smallest absolute Gasteiger partial charge is 0.215 e. The summed E-state index contributed by atoms with van der Waals surface area (Å²) in [7, 11) is -3.20. The number of fused-ring (bicyclic) bond motifs is 1. The summed E-state index contributed by atoms with van der Waals surface area (Å²) >= 11 is 0. The van der Waals surface area contributed by atoms with Crippen LogP contribution in [0.25, 0.3) is 0 Å². The van der Waals surface area contributed by atoms with Gasteiger partial charge in [-0.05, 0) is 45.6 Å². The monoisotopic (exact) mass is 301 g/mol. The Bertz CT molecular complexity index is 436. The molecule has 3 atom stereocenters. The topological polar surface area (TPSA) is 61.4 Å². The zero-order valence-corrected chi connectivity index (χ0v) is 13.2. The number of rotatable bonds is 6. The van der Waals surface area contributed by atoms with Crippen molar-refractivity contribution >= 4 is 10.0 Å². The molecule has 1 saturated carbocycles. The second-order valence-electron chi connectivity index (χ2n) is 6.65. The molecule has 2 heterocycles. The number of nitrogens with one attached hydrogen (secondary N) is 2. The fourth-order valence-corrected chi connectivity index (χ4v) is 4.69. The third kappa shape index (κ3) is 3.35. The molecule has 0 aromatic rings. The first-order valence-electron chi connectivity index (χ1n) is 8.05. The van der Waals surface area contributed by atoms with Gasteiger partial charge in [-0.25, -0.2) is 13.1 Å². The Kier molecular flexibility index (Phi) is 4.36. The molecule has 1 aliphatic carbocycles. The predicted octanol–water partition coefficient (Wildman–Crippen LogP) is 0.673. The predicted molar refractivity (Wildman–Crippen MR) is 80.2 cm³/mol. The van der Waals surface area contributed by atoms with Crippen LogP contribution in [-0.4, -0.2) is 56.3 Å². The number of piperidine rings is 1. The molecule has 3 rings (SSSR count). The van der Waals surface area contributed by atoms with Gasteiger partial charge in [0.15, 0.2) is 0 Å². The van der Waals surface area contributed by atoms with Crippen molar-refractivity contribution in [3.63, 3.8) is 0 Å². The standard InChI is InChI=1S/C14H27N3O2S/c1-11(10-15-12-5-6-12)20(18,19)16-13-7-9-17-8-3-2-4-14(13)17/h11-16H,2-10H2,1H3. The maximum atomic E-state index is 12.4. The first kappa shape index (κ1) is 14.8. The van der Waals surface area contributed by atoms with E-state index in [4.69, 9.17) is 0 Å². The Morgan fingerprint density at radius 1 is 1.15 bits per heavy atom. The normalized spacial score (nSPS) is 33.0. The number of nitrogens with zero attached hydrogens (tertiary/aromatic N) is 1. The van der Waals surface area contributed by atoms with Crippen LogP contribution in [0.5, 0.6) is 0 Å². The van der Waals surface area contributed by atoms with Gasteiger partial charge in [-0.15, -0.1) is 0 Å². The van der Waals surface area contributed by atoms with Gasteiger partial charge in [0.25, 0.3) is 0 Å². The molecule has 0 radical (unpaired) electrons. The van der Waals surface area contributed by atoms with Crippen LogP contribution in [0.1, 0.15) is 45.4 Å². The van der Waals surface area contributed by atoms with E-state index in [-0.39, 0.29) is 11.3 Å². The first-order chi connectivity index (χ1) is 9.56. The molecule has 5 nitrogen and oxygen atoms in total. The van der Waals surface area contributed by atoms with E-state index in [1.54, 1.807) is 0 Å². The van der Waals surface area contributed by atoms with Gasteiger partial charge in [0, 0.05) is 31.2 Å². The fourth-order valence-electron chi connectivity index (χ4n) is 3.44. The molecule has 0 bridgehead atoms. The van der Waals surface area contributed by atoms with E-state index in [2.05, 4.69) is 14.9 Å². The molecule has 3 fully saturated rings. The van der Waals surface area contributed by atoms with E-state index in [1.165, 1.54) is 25.7 Å². The van der Waals surface area contributed by atoms with E-state index < -0.39 is 10.0 Å². The zero-order valence-electron chi connectivity index (χ0n) is 12.3. The molecular weight excluding hydrogens is 274 g/mol. The van der Waals surface area contributed by atoms with E-state index in [9.17, 15) is 8.42 Å².